The fraction of sp³-hybridized carbons (Fsp3) is 0.333. The van der Waals surface area contributed by atoms with Crippen LogP contribution in [0.5, 0.6) is 0 Å². The number of benzene rings is 1. The Hall–Kier alpha value is -1.12. The Labute approximate surface area is 83.5 Å². The van der Waals surface area contributed by atoms with E-state index in [9.17, 15) is 10.2 Å². The van der Waals surface area contributed by atoms with Crippen molar-refractivity contribution in [2.24, 2.45) is 0 Å². The maximum absolute atomic E-state index is 9.77. The summed E-state index contributed by atoms with van der Waals surface area (Å²) in [6.45, 7) is 0. The van der Waals surface area contributed by atoms with E-state index in [2.05, 4.69) is 0 Å². The summed E-state index contributed by atoms with van der Waals surface area (Å²) in [5.41, 5.74) is 1.85. The van der Waals surface area contributed by atoms with Crippen molar-refractivity contribution in [1.82, 2.24) is 0 Å². The van der Waals surface area contributed by atoms with Gasteiger partial charge in [-0.15, -0.1) is 0 Å². The lowest BCUT2D eigenvalue weighted by molar-refractivity contribution is 0.0453. The molecule has 0 radical (unpaired) electrons. The minimum absolute atomic E-state index is 0.616. The van der Waals surface area contributed by atoms with Crippen LogP contribution in [0.3, 0.4) is 0 Å². The fourth-order valence-electron chi connectivity index (χ4n) is 1.81. The average molecular weight is 190 g/mol. The topological polar surface area (TPSA) is 40.5 Å². The van der Waals surface area contributed by atoms with Crippen LogP contribution in [-0.2, 0) is 0 Å². The lowest BCUT2D eigenvalue weighted by Crippen LogP contribution is -2.29. The number of rotatable bonds is 1. The summed E-state index contributed by atoms with van der Waals surface area (Å²) in [6.07, 6.45) is 2.15. The molecule has 0 amide bonds. The molecule has 0 bridgehead atoms. The van der Waals surface area contributed by atoms with Crippen LogP contribution in [0.2, 0.25) is 0 Å². The summed E-state index contributed by atoms with van der Waals surface area (Å²) in [6, 6.07) is 9.71. The van der Waals surface area contributed by atoms with E-state index in [4.69, 9.17) is 0 Å². The van der Waals surface area contributed by atoms with Gasteiger partial charge in [-0.3, -0.25) is 0 Å². The van der Waals surface area contributed by atoms with Gasteiger partial charge in [0.2, 0.25) is 0 Å². The predicted octanol–water partition coefficient (Wildman–Crippen LogP) is 1.59. The lowest BCUT2D eigenvalue weighted by atomic mass is 9.89. The van der Waals surface area contributed by atoms with E-state index in [-0.39, 0.29) is 0 Å². The Morgan fingerprint density at radius 3 is 2.50 bits per heavy atom. The molecular weight excluding hydrogens is 176 g/mol. The van der Waals surface area contributed by atoms with Crippen molar-refractivity contribution in [3.63, 3.8) is 0 Å². The second kappa shape index (κ2) is 3.95. The quantitative estimate of drug-likeness (QED) is 0.706. The summed E-state index contributed by atoms with van der Waals surface area (Å²) >= 11 is 0. The van der Waals surface area contributed by atoms with E-state index in [0.717, 1.165) is 17.6 Å². The number of hydrogen-bond acceptors (Lipinski definition) is 2. The highest BCUT2D eigenvalue weighted by Crippen LogP contribution is 2.27. The minimum Gasteiger partial charge on any atom is -0.390 e. The molecule has 2 rings (SSSR count). The van der Waals surface area contributed by atoms with Gasteiger partial charge in [0, 0.05) is 0 Å². The van der Waals surface area contributed by atoms with Gasteiger partial charge in [0.05, 0.1) is 6.10 Å². The Balaban J connectivity index is 2.30. The average Bonchev–Trinajstić information content (AvgIpc) is 2.23. The molecule has 2 atom stereocenters. The van der Waals surface area contributed by atoms with Crippen LogP contribution in [-0.4, -0.2) is 22.4 Å². The van der Waals surface area contributed by atoms with E-state index in [0.29, 0.717) is 6.42 Å². The molecule has 0 fully saturated rings. The van der Waals surface area contributed by atoms with Crippen molar-refractivity contribution in [1.29, 1.82) is 0 Å². The van der Waals surface area contributed by atoms with E-state index in [1.165, 1.54) is 0 Å². The van der Waals surface area contributed by atoms with Crippen molar-refractivity contribution in [2.75, 3.05) is 0 Å². The van der Waals surface area contributed by atoms with E-state index < -0.39 is 12.2 Å². The molecule has 1 aromatic carbocycles. The van der Waals surface area contributed by atoms with Gasteiger partial charge in [-0.25, -0.2) is 0 Å². The predicted molar refractivity (Wildman–Crippen MR) is 55.7 cm³/mol. The highest BCUT2D eigenvalue weighted by Gasteiger charge is 2.24. The third kappa shape index (κ3) is 1.72. The number of aliphatic hydroxyl groups excluding tert-OH is 2. The first-order chi connectivity index (χ1) is 6.79. The number of allylic oxidation sites excluding steroid dienone is 1. The van der Waals surface area contributed by atoms with Crippen molar-refractivity contribution < 1.29 is 10.2 Å². The van der Waals surface area contributed by atoms with Crippen LogP contribution in [0.25, 0.3) is 5.57 Å². The molecule has 2 nitrogen and oxygen atoms in total. The van der Waals surface area contributed by atoms with Gasteiger partial charge in [-0.05, 0) is 24.0 Å². The summed E-state index contributed by atoms with van der Waals surface area (Å²) in [5, 5.41) is 19.3. The van der Waals surface area contributed by atoms with Crippen LogP contribution in [0.4, 0.5) is 0 Å². The molecule has 2 N–H and O–H groups in total. The summed E-state index contributed by atoms with van der Waals surface area (Å²) in [5.74, 6) is 0. The Morgan fingerprint density at radius 2 is 1.79 bits per heavy atom. The zero-order chi connectivity index (χ0) is 9.97. The number of aliphatic hydroxyl groups is 2. The zero-order valence-corrected chi connectivity index (χ0v) is 7.93. The second-order valence-corrected chi connectivity index (χ2v) is 3.62. The zero-order valence-electron chi connectivity index (χ0n) is 7.93. The Bertz CT molecular complexity index is 329. The fourth-order valence-corrected chi connectivity index (χ4v) is 1.81. The van der Waals surface area contributed by atoms with Gasteiger partial charge >= 0.3 is 0 Å². The molecule has 0 unspecified atom stereocenters. The van der Waals surface area contributed by atoms with Crippen LogP contribution in [0, 0.1) is 0 Å². The van der Waals surface area contributed by atoms with Crippen molar-refractivity contribution in [3.8, 4) is 0 Å². The third-order valence-corrected chi connectivity index (χ3v) is 2.62. The molecular formula is C12H14O2. The third-order valence-electron chi connectivity index (χ3n) is 2.62. The highest BCUT2D eigenvalue weighted by molar-refractivity contribution is 5.69. The van der Waals surface area contributed by atoms with E-state index in [1.807, 2.05) is 36.4 Å². The molecule has 0 spiro atoms. The van der Waals surface area contributed by atoms with Crippen molar-refractivity contribution in [2.45, 2.75) is 25.0 Å². The van der Waals surface area contributed by atoms with Gasteiger partial charge in [0.1, 0.15) is 6.10 Å². The molecule has 0 aliphatic heterocycles. The monoisotopic (exact) mass is 190 g/mol. The normalized spacial score (nSPS) is 27.1. The van der Waals surface area contributed by atoms with Crippen LogP contribution in [0.1, 0.15) is 18.4 Å². The summed E-state index contributed by atoms with van der Waals surface area (Å²) in [7, 11) is 0. The molecule has 0 saturated carbocycles. The van der Waals surface area contributed by atoms with E-state index in [1.54, 1.807) is 0 Å². The second-order valence-electron chi connectivity index (χ2n) is 3.62. The SMILES string of the molecule is O[C@@H]1C(c2ccccc2)=CCC[C@@H]1O. The van der Waals surface area contributed by atoms with Gasteiger partial charge in [-0.2, -0.15) is 0 Å². The molecule has 14 heavy (non-hydrogen) atoms. The van der Waals surface area contributed by atoms with Crippen LogP contribution < -0.4 is 0 Å². The first-order valence-electron chi connectivity index (χ1n) is 4.90. The van der Waals surface area contributed by atoms with E-state index >= 15 is 0 Å². The van der Waals surface area contributed by atoms with Gasteiger partial charge in [0.25, 0.3) is 0 Å². The molecule has 2 heteroatoms. The smallest absolute Gasteiger partial charge is 0.105 e. The molecule has 0 heterocycles. The Morgan fingerprint density at radius 1 is 1.07 bits per heavy atom. The maximum Gasteiger partial charge on any atom is 0.105 e. The number of hydrogen-bond donors (Lipinski definition) is 2. The standard InChI is InChI=1S/C12H14O2/c13-11-8-4-7-10(12(11)14)9-5-2-1-3-6-9/h1-3,5-7,11-14H,4,8H2/t11-,12+/m0/s1. The molecule has 74 valence electrons. The summed E-state index contributed by atoms with van der Waals surface area (Å²) in [4.78, 5) is 0. The Kier molecular flexibility index (Phi) is 2.66. The maximum atomic E-state index is 9.77. The minimum atomic E-state index is -0.730. The van der Waals surface area contributed by atoms with Gasteiger partial charge < -0.3 is 10.2 Å². The molecule has 0 saturated heterocycles. The van der Waals surface area contributed by atoms with Crippen molar-refractivity contribution in [3.05, 3.63) is 42.0 Å². The summed E-state index contributed by atoms with van der Waals surface area (Å²) < 4.78 is 0. The van der Waals surface area contributed by atoms with Gasteiger partial charge in [-0.1, -0.05) is 36.4 Å². The van der Waals surface area contributed by atoms with Crippen LogP contribution >= 0.6 is 0 Å². The largest absolute Gasteiger partial charge is 0.390 e. The molecule has 1 aliphatic carbocycles. The molecule has 1 aliphatic rings. The first kappa shape index (κ1) is 9.44. The van der Waals surface area contributed by atoms with Crippen LogP contribution in [0.15, 0.2) is 36.4 Å². The highest BCUT2D eigenvalue weighted by atomic mass is 16.3. The molecule has 1 aromatic rings. The first-order valence-corrected chi connectivity index (χ1v) is 4.90. The lowest BCUT2D eigenvalue weighted by Gasteiger charge is -2.25. The van der Waals surface area contributed by atoms with Gasteiger partial charge in [0.15, 0.2) is 0 Å². The van der Waals surface area contributed by atoms with Crippen molar-refractivity contribution >= 4 is 5.57 Å². The molecule has 0 aromatic heterocycles.